The second-order valence-corrected chi connectivity index (χ2v) is 7.67. The number of hydrogen-bond acceptors (Lipinski definition) is 5. The Morgan fingerprint density at radius 1 is 1.20 bits per heavy atom. The minimum atomic E-state index is 0.109. The van der Waals surface area contributed by atoms with Gasteiger partial charge in [0.2, 0.25) is 0 Å². The number of aromatic amines is 1. The highest BCUT2D eigenvalue weighted by molar-refractivity contribution is 5.94. The van der Waals surface area contributed by atoms with Crippen molar-refractivity contribution in [3.63, 3.8) is 0 Å². The summed E-state index contributed by atoms with van der Waals surface area (Å²) in [6.07, 6.45) is 3.14. The first-order chi connectivity index (χ1) is 12.2. The monoisotopic (exact) mass is 347 g/mol. The number of carbonyl (C=O) groups excluding carboxylic acids is 1. The molecule has 0 atom stereocenters. The average molecular weight is 347 g/mol. The predicted octanol–water partition coefficient (Wildman–Crippen LogP) is 0.582. The summed E-state index contributed by atoms with van der Waals surface area (Å²) in [7, 11) is 2.10. The third-order valence-corrected chi connectivity index (χ3v) is 5.85. The lowest BCUT2D eigenvalue weighted by atomic mass is 9.95. The summed E-state index contributed by atoms with van der Waals surface area (Å²) in [5.41, 5.74) is 2.89. The Morgan fingerprint density at radius 2 is 1.96 bits per heavy atom. The number of fused-ring (bicyclic) bond motifs is 1. The largest absolute Gasteiger partial charge is 0.379 e. The van der Waals surface area contributed by atoms with Gasteiger partial charge in [0.15, 0.2) is 5.69 Å². The van der Waals surface area contributed by atoms with E-state index in [1.54, 1.807) is 0 Å². The van der Waals surface area contributed by atoms with Crippen LogP contribution in [0.1, 0.15) is 34.6 Å². The number of H-pyrrole nitrogens is 1. The van der Waals surface area contributed by atoms with Gasteiger partial charge >= 0.3 is 0 Å². The van der Waals surface area contributed by atoms with Gasteiger partial charge in [-0.05, 0) is 25.8 Å². The highest BCUT2D eigenvalue weighted by Crippen LogP contribution is 2.24. The second-order valence-electron chi connectivity index (χ2n) is 7.67. The van der Waals surface area contributed by atoms with E-state index in [4.69, 9.17) is 4.74 Å². The van der Waals surface area contributed by atoms with Crippen LogP contribution in [0, 0.1) is 5.92 Å². The normalized spacial score (nSPS) is 23.6. The number of hydrogen-bond donors (Lipinski definition) is 1. The molecule has 2 fully saturated rings. The fourth-order valence-corrected chi connectivity index (χ4v) is 4.22. The maximum atomic E-state index is 12.9. The van der Waals surface area contributed by atoms with Crippen LogP contribution < -0.4 is 0 Å². The molecule has 7 nitrogen and oxygen atoms in total. The maximum Gasteiger partial charge on any atom is 0.274 e. The molecule has 0 aliphatic carbocycles. The van der Waals surface area contributed by atoms with Crippen molar-refractivity contribution in [3.8, 4) is 0 Å². The molecule has 0 unspecified atom stereocenters. The van der Waals surface area contributed by atoms with Gasteiger partial charge in [-0.2, -0.15) is 5.10 Å². The van der Waals surface area contributed by atoms with Crippen LogP contribution >= 0.6 is 0 Å². The number of rotatable bonds is 3. The Labute approximate surface area is 149 Å². The fourth-order valence-electron chi connectivity index (χ4n) is 4.22. The maximum absolute atomic E-state index is 12.9. The summed E-state index contributed by atoms with van der Waals surface area (Å²) in [5, 5.41) is 7.44. The van der Waals surface area contributed by atoms with E-state index in [-0.39, 0.29) is 5.91 Å². The molecule has 0 radical (unpaired) electrons. The third kappa shape index (κ3) is 3.73. The molecule has 0 bridgehead atoms. The van der Waals surface area contributed by atoms with Gasteiger partial charge in [-0.25, -0.2) is 0 Å². The number of aromatic nitrogens is 2. The molecule has 3 aliphatic rings. The first-order valence-corrected chi connectivity index (χ1v) is 9.54. The van der Waals surface area contributed by atoms with E-state index in [9.17, 15) is 4.79 Å². The van der Waals surface area contributed by atoms with Crippen molar-refractivity contribution in [2.75, 3.05) is 59.5 Å². The van der Waals surface area contributed by atoms with Crippen molar-refractivity contribution in [1.82, 2.24) is 24.9 Å². The van der Waals surface area contributed by atoms with Crippen LogP contribution in [-0.2, 0) is 17.7 Å². The number of nitrogens with zero attached hydrogens (tertiary/aromatic N) is 4. The molecule has 1 aromatic heterocycles. The molecule has 1 N–H and O–H groups in total. The number of carbonyl (C=O) groups is 1. The molecule has 25 heavy (non-hydrogen) atoms. The molecule has 2 saturated heterocycles. The smallest absolute Gasteiger partial charge is 0.274 e. The van der Waals surface area contributed by atoms with Crippen LogP contribution in [0.25, 0.3) is 0 Å². The van der Waals surface area contributed by atoms with Gasteiger partial charge in [-0.1, -0.05) is 0 Å². The quantitative estimate of drug-likeness (QED) is 0.867. The van der Waals surface area contributed by atoms with E-state index in [1.165, 1.54) is 0 Å². The van der Waals surface area contributed by atoms with E-state index in [0.29, 0.717) is 11.6 Å². The Bertz CT molecular complexity index is 603. The zero-order chi connectivity index (χ0) is 17.2. The first-order valence-electron chi connectivity index (χ1n) is 9.54. The number of amides is 1. The van der Waals surface area contributed by atoms with Crippen molar-refractivity contribution >= 4 is 5.91 Å². The summed E-state index contributed by atoms with van der Waals surface area (Å²) in [4.78, 5) is 19.7. The van der Waals surface area contributed by atoms with Crippen molar-refractivity contribution in [1.29, 1.82) is 0 Å². The number of morpholine rings is 1. The molecule has 1 aromatic rings. The lowest BCUT2D eigenvalue weighted by Crippen LogP contribution is -2.44. The fraction of sp³-hybridized carbons (Fsp3) is 0.778. The highest BCUT2D eigenvalue weighted by Gasteiger charge is 2.30. The molecule has 0 spiro atoms. The molecule has 0 saturated carbocycles. The van der Waals surface area contributed by atoms with E-state index in [2.05, 4.69) is 27.0 Å². The summed E-state index contributed by atoms with van der Waals surface area (Å²) in [6, 6.07) is 0. The van der Waals surface area contributed by atoms with Crippen molar-refractivity contribution < 1.29 is 9.53 Å². The molecule has 1 amide bonds. The predicted molar refractivity (Wildman–Crippen MR) is 94.5 cm³/mol. The van der Waals surface area contributed by atoms with Crippen LogP contribution in [0.15, 0.2) is 0 Å². The van der Waals surface area contributed by atoms with Crippen molar-refractivity contribution in [2.45, 2.75) is 25.8 Å². The van der Waals surface area contributed by atoms with Crippen LogP contribution in [0.5, 0.6) is 0 Å². The van der Waals surface area contributed by atoms with Gasteiger partial charge in [0.05, 0.1) is 13.2 Å². The minimum Gasteiger partial charge on any atom is -0.379 e. The second kappa shape index (κ2) is 7.43. The molecule has 4 rings (SSSR count). The zero-order valence-electron chi connectivity index (χ0n) is 15.2. The van der Waals surface area contributed by atoms with Gasteiger partial charge in [0.25, 0.3) is 5.91 Å². The summed E-state index contributed by atoms with van der Waals surface area (Å²) in [6.45, 7) is 8.50. The van der Waals surface area contributed by atoms with Gasteiger partial charge in [0, 0.05) is 63.5 Å². The number of likely N-dealkylation sites (tertiary alicyclic amines) is 1. The molecule has 7 heteroatoms. The van der Waals surface area contributed by atoms with Gasteiger partial charge in [0.1, 0.15) is 0 Å². The summed E-state index contributed by atoms with van der Waals surface area (Å²) < 4.78 is 5.42. The van der Waals surface area contributed by atoms with Crippen molar-refractivity contribution in [2.24, 2.45) is 5.92 Å². The van der Waals surface area contributed by atoms with Gasteiger partial charge in [-0.15, -0.1) is 0 Å². The Balaban J connectivity index is 1.33. The molecule has 3 aliphatic heterocycles. The lowest BCUT2D eigenvalue weighted by Gasteiger charge is -2.36. The van der Waals surface area contributed by atoms with Crippen LogP contribution in [-0.4, -0.2) is 90.3 Å². The van der Waals surface area contributed by atoms with Crippen LogP contribution in [0.3, 0.4) is 0 Å². The van der Waals surface area contributed by atoms with Crippen LogP contribution in [0.4, 0.5) is 0 Å². The van der Waals surface area contributed by atoms with E-state index < -0.39 is 0 Å². The number of ether oxygens (including phenoxy) is 1. The third-order valence-electron chi connectivity index (χ3n) is 5.85. The zero-order valence-corrected chi connectivity index (χ0v) is 15.2. The molecule has 0 aromatic carbocycles. The minimum absolute atomic E-state index is 0.109. The lowest BCUT2D eigenvalue weighted by molar-refractivity contribution is 0.0242. The SMILES string of the molecule is CN1CCc2[nH]nc(C(=O)N3CCC(CN4CCOCC4)CC3)c2C1. The average Bonchev–Trinajstić information content (AvgIpc) is 3.05. The Morgan fingerprint density at radius 3 is 2.72 bits per heavy atom. The van der Waals surface area contributed by atoms with E-state index in [1.807, 2.05) is 4.90 Å². The van der Waals surface area contributed by atoms with E-state index in [0.717, 1.165) is 89.5 Å². The molecular formula is C18H29N5O2. The molecule has 138 valence electrons. The van der Waals surface area contributed by atoms with Crippen LogP contribution in [0.2, 0.25) is 0 Å². The first kappa shape index (κ1) is 17.0. The van der Waals surface area contributed by atoms with Gasteiger partial charge < -0.3 is 14.5 Å². The Hall–Kier alpha value is -1.44. The van der Waals surface area contributed by atoms with Crippen molar-refractivity contribution in [3.05, 3.63) is 17.0 Å². The summed E-state index contributed by atoms with van der Waals surface area (Å²) >= 11 is 0. The van der Waals surface area contributed by atoms with E-state index >= 15 is 0 Å². The standard InChI is InChI=1S/C18H29N5O2/c1-21-5-4-16-15(13-21)17(20-19-16)18(24)23-6-2-14(3-7-23)12-22-8-10-25-11-9-22/h14H,2-13H2,1H3,(H,19,20). The summed E-state index contributed by atoms with van der Waals surface area (Å²) in [5.74, 6) is 0.805. The Kier molecular flexibility index (Phi) is 5.05. The number of piperidine rings is 1. The number of nitrogens with one attached hydrogen (secondary N) is 1. The van der Waals surface area contributed by atoms with Gasteiger partial charge in [-0.3, -0.25) is 14.8 Å². The molecular weight excluding hydrogens is 318 g/mol. The highest BCUT2D eigenvalue weighted by atomic mass is 16.5. The molecule has 4 heterocycles. The topological polar surface area (TPSA) is 64.7 Å². The number of likely N-dealkylation sites (N-methyl/N-ethyl adjacent to an activating group) is 1.